The smallest absolute Gasteiger partial charge is 0.317 e. The molecule has 0 saturated heterocycles. The van der Waals surface area contributed by atoms with E-state index in [-0.39, 0.29) is 6.03 Å². The minimum atomic E-state index is -0.0640. The third kappa shape index (κ3) is 4.07. The number of carbonyl (C=O) groups excluding carboxylic acids is 1. The van der Waals surface area contributed by atoms with E-state index in [4.69, 9.17) is 0 Å². The number of aromatic nitrogens is 3. The zero-order valence-corrected chi connectivity index (χ0v) is 14.4. The van der Waals surface area contributed by atoms with Crippen molar-refractivity contribution in [2.24, 2.45) is 0 Å². The van der Waals surface area contributed by atoms with E-state index >= 15 is 0 Å². The van der Waals surface area contributed by atoms with Crippen molar-refractivity contribution in [2.45, 2.75) is 40.3 Å². The Morgan fingerprint density at radius 2 is 2.23 bits per heavy atom. The van der Waals surface area contributed by atoms with Crippen molar-refractivity contribution in [1.82, 2.24) is 24.8 Å². The van der Waals surface area contributed by atoms with Gasteiger partial charge in [0.05, 0.1) is 17.2 Å². The summed E-state index contributed by atoms with van der Waals surface area (Å²) < 4.78 is 2.03. The highest BCUT2D eigenvalue weighted by Gasteiger charge is 2.12. The third-order valence-corrected chi connectivity index (χ3v) is 4.58. The van der Waals surface area contributed by atoms with Gasteiger partial charge in [-0.25, -0.2) is 14.8 Å². The van der Waals surface area contributed by atoms with Crippen LogP contribution in [0.15, 0.2) is 12.4 Å². The zero-order valence-electron chi connectivity index (χ0n) is 13.6. The summed E-state index contributed by atoms with van der Waals surface area (Å²) >= 11 is 1.65. The van der Waals surface area contributed by atoms with Crippen molar-refractivity contribution in [2.75, 3.05) is 13.6 Å². The fourth-order valence-corrected chi connectivity index (χ4v) is 3.18. The van der Waals surface area contributed by atoms with Gasteiger partial charge in [-0.2, -0.15) is 0 Å². The molecule has 7 heteroatoms. The van der Waals surface area contributed by atoms with Crippen LogP contribution in [0.5, 0.6) is 0 Å². The van der Waals surface area contributed by atoms with Gasteiger partial charge in [-0.1, -0.05) is 6.92 Å². The van der Waals surface area contributed by atoms with Gasteiger partial charge in [-0.15, -0.1) is 11.3 Å². The average molecular weight is 321 g/mol. The number of nitrogens with one attached hydrogen (secondary N) is 1. The number of aryl methyl sites for hydroxylation is 3. The van der Waals surface area contributed by atoms with Gasteiger partial charge >= 0.3 is 6.03 Å². The predicted molar refractivity (Wildman–Crippen MR) is 88.1 cm³/mol. The van der Waals surface area contributed by atoms with Crippen LogP contribution in [0.2, 0.25) is 0 Å². The second kappa shape index (κ2) is 7.40. The van der Waals surface area contributed by atoms with E-state index in [1.807, 2.05) is 24.6 Å². The number of likely N-dealkylation sites (N-methyl/N-ethyl adjacent to an activating group) is 1. The Kier molecular flexibility index (Phi) is 5.54. The van der Waals surface area contributed by atoms with E-state index in [2.05, 4.69) is 22.2 Å². The molecule has 2 amide bonds. The second-order valence-corrected chi connectivity index (χ2v) is 6.49. The van der Waals surface area contributed by atoms with Crippen LogP contribution < -0.4 is 5.32 Å². The first-order chi connectivity index (χ1) is 10.5. The van der Waals surface area contributed by atoms with Crippen LogP contribution in [-0.2, 0) is 19.5 Å². The molecule has 0 aromatic carbocycles. The minimum absolute atomic E-state index is 0.0640. The van der Waals surface area contributed by atoms with E-state index in [9.17, 15) is 4.79 Å². The fraction of sp³-hybridized carbons (Fsp3) is 0.533. The Bertz CT molecular complexity index is 634. The maximum atomic E-state index is 12.1. The number of hydrogen-bond acceptors (Lipinski definition) is 4. The molecule has 2 aromatic heterocycles. The summed E-state index contributed by atoms with van der Waals surface area (Å²) in [5.41, 5.74) is 1.08. The number of imidazole rings is 1. The summed E-state index contributed by atoms with van der Waals surface area (Å²) in [7, 11) is 1.81. The molecule has 0 aliphatic carbocycles. The molecule has 0 aliphatic heterocycles. The number of nitrogens with zero attached hydrogens (tertiary/aromatic N) is 4. The van der Waals surface area contributed by atoms with Gasteiger partial charge in [0.25, 0.3) is 0 Å². The molecule has 0 atom stereocenters. The molecule has 120 valence electrons. The maximum Gasteiger partial charge on any atom is 0.317 e. The highest BCUT2D eigenvalue weighted by Crippen LogP contribution is 2.18. The quantitative estimate of drug-likeness (QED) is 0.888. The van der Waals surface area contributed by atoms with Gasteiger partial charge in [0.15, 0.2) is 0 Å². The Balaban J connectivity index is 1.82. The lowest BCUT2D eigenvalue weighted by Crippen LogP contribution is -2.38. The molecule has 0 unspecified atom stereocenters. The maximum absolute atomic E-state index is 12.1. The Morgan fingerprint density at radius 1 is 1.45 bits per heavy atom. The highest BCUT2D eigenvalue weighted by atomic mass is 32.1. The van der Waals surface area contributed by atoms with Crippen molar-refractivity contribution in [3.05, 3.63) is 33.8 Å². The van der Waals surface area contributed by atoms with Crippen molar-refractivity contribution >= 4 is 17.4 Å². The lowest BCUT2D eigenvalue weighted by atomic mass is 10.3. The monoisotopic (exact) mass is 321 g/mol. The van der Waals surface area contributed by atoms with E-state index < -0.39 is 0 Å². The van der Waals surface area contributed by atoms with Crippen LogP contribution in [0.25, 0.3) is 0 Å². The predicted octanol–water partition coefficient (Wildman–Crippen LogP) is 2.36. The van der Waals surface area contributed by atoms with Crippen molar-refractivity contribution < 1.29 is 4.79 Å². The summed E-state index contributed by atoms with van der Waals surface area (Å²) in [4.78, 5) is 23.6. The minimum Gasteiger partial charge on any atom is -0.333 e. The molecule has 0 radical (unpaired) electrons. The number of hydrogen-bond donors (Lipinski definition) is 1. The number of amides is 2. The van der Waals surface area contributed by atoms with Gasteiger partial charge in [0.1, 0.15) is 5.82 Å². The Hall–Kier alpha value is -1.89. The summed E-state index contributed by atoms with van der Waals surface area (Å²) in [6.07, 6.45) is 4.59. The molecule has 2 aromatic rings. The van der Waals surface area contributed by atoms with Gasteiger partial charge in [0, 0.05) is 37.4 Å². The van der Waals surface area contributed by atoms with Gasteiger partial charge in [-0.3, -0.25) is 0 Å². The molecule has 1 N–H and O–H groups in total. The van der Waals surface area contributed by atoms with Gasteiger partial charge < -0.3 is 14.8 Å². The van der Waals surface area contributed by atoms with E-state index in [0.717, 1.165) is 34.4 Å². The van der Waals surface area contributed by atoms with Gasteiger partial charge in [-0.05, 0) is 20.3 Å². The molecule has 0 aliphatic rings. The van der Waals surface area contributed by atoms with Gasteiger partial charge in [0.2, 0.25) is 0 Å². The molecular formula is C15H23N5OS. The molecule has 0 spiro atoms. The van der Waals surface area contributed by atoms with Crippen molar-refractivity contribution in [3.8, 4) is 0 Å². The second-order valence-electron chi connectivity index (χ2n) is 5.20. The Labute approximate surface area is 135 Å². The van der Waals surface area contributed by atoms with Crippen molar-refractivity contribution in [1.29, 1.82) is 0 Å². The third-order valence-electron chi connectivity index (χ3n) is 3.57. The molecular weight excluding hydrogens is 298 g/mol. The number of thiazole rings is 1. The largest absolute Gasteiger partial charge is 0.333 e. The highest BCUT2D eigenvalue weighted by molar-refractivity contribution is 7.11. The summed E-state index contributed by atoms with van der Waals surface area (Å²) in [6, 6.07) is -0.0640. The van der Waals surface area contributed by atoms with Crippen LogP contribution >= 0.6 is 11.3 Å². The van der Waals surface area contributed by atoms with E-state index in [0.29, 0.717) is 13.1 Å². The first-order valence-corrected chi connectivity index (χ1v) is 8.24. The molecule has 22 heavy (non-hydrogen) atoms. The number of carbonyl (C=O) groups is 1. The molecule has 0 bridgehead atoms. The number of rotatable bonds is 6. The van der Waals surface area contributed by atoms with Crippen LogP contribution in [0, 0.1) is 13.8 Å². The fourth-order valence-electron chi connectivity index (χ4n) is 2.22. The zero-order chi connectivity index (χ0) is 16.1. The first-order valence-electron chi connectivity index (χ1n) is 7.43. The first kappa shape index (κ1) is 16.5. The van der Waals surface area contributed by atoms with Crippen LogP contribution in [-0.4, -0.2) is 39.1 Å². The number of urea groups is 1. The van der Waals surface area contributed by atoms with Crippen molar-refractivity contribution in [3.63, 3.8) is 0 Å². The van der Waals surface area contributed by atoms with E-state index in [1.54, 1.807) is 29.5 Å². The molecule has 0 saturated carbocycles. The summed E-state index contributed by atoms with van der Waals surface area (Å²) in [5.74, 6) is 0.960. The Morgan fingerprint density at radius 3 is 2.86 bits per heavy atom. The lowest BCUT2D eigenvalue weighted by molar-refractivity contribution is 0.206. The molecule has 6 nitrogen and oxygen atoms in total. The van der Waals surface area contributed by atoms with Crippen LogP contribution in [0.4, 0.5) is 4.79 Å². The molecule has 2 rings (SSSR count). The normalized spacial score (nSPS) is 10.7. The molecule has 2 heterocycles. The summed E-state index contributed by atoms with van der Waals surface area (Å²) in [5, 5.41) is 4.01. The lowest BCUT2D eigenvalue weighted by Gasteiger charge is -2.18. The van der Waals surface area contributed by atoms with Crippen LogP contribution in [0.3, 0.4) is 0 Å². The average Bonchev–Trinajstić information content (AvgIpc) is 3.07. The molecule has 0 fully saturated rings. The topological polar surface area (TPSA) is 63.1 Å². The van der Waals surface area contributed by atoms with Crippen LogP contribution in [0.1, 0.15) is 28.3 Å². The SMILES string of the molecule is CCc1nc(C)sc1CNC(=O)N(C)CCn1ccnc1C. The standard InChI is InChI=1S/C15H23N5OS/c1-5-13-14(22-12(3)18-13)10-17-15(21)19(4)8-9-20-7-6-16-11(20)2/h6-7H,5,8-10H2,1-4H3,(H,17,21). The van der Waals surface area contributed by atoms with E-state index in [1.165, 1.54) is 0 Å². The summed E-state index contributed by atoms with van der Waals surface area (Å²) in [6.45, 7) is 7.97.